The number of benzene rings is 5. The van der Waals surface area contributed by atoms with E-state index in [9.17, 15) is 4.79 Å². The molecule has 1 amide bonds. The van der Waals surface area contributed by atoms with Crippen molar-refractivity contribution in [3.05, 3.63) is 179 Å². The number of hydrogen-bond donors (Lipinski definition) is 1. The number of benzodiazepines with no additional fused rings is 1. The molecule has 5 aromatic carbocycles. The Bertz CT molecular complexity index is 1830. The number of carbonyl (C=O) groups is 1. The van der Waals surface area contributed by atoms with Gasteiger partial charge >= 0.3 is 0 Å². The average Bonchev–Trinajstić information content (AvgIpc) is 3.52. The Morgan fingerprint density at radius 2 is 1.16 bits per heavy atom. The van der Waals surface area contributed by atoms with Gasteiger partial charge < -0.3 is 10.6 Å². The molecule has 6 aromatic rings. The minimum absolute atomic E-state index is 0.0718. The number of aliphatic imine (C=N–C) groups is 1. The van der Waals surface area contributed by atoms with E-state index in [0.29, 0.717) is 17.2 Å². The SMILES string of the molecule is N[C@H]1N=C(c2ccccc2)c2ccccc2N(Cc2nnnn2C(c2ccccc2)(c2ccccc2)c2ccccc2)C1=O. The molecule has 2 N–H and O–H groups in total. The average molecular weight is 576 g/mol. The number of rotatable bonds is 7. The van der Waals surface area contributed by atoms with Gasteiger partial charge in [-0.25, -0.2) is 4.68 Å². The molecular formula is C36H29N7O. The Kier molecular flexibility index (Phi) is 7.09. The van der Waals surface area contributed by atoms with E-state index in [1.165, 1.54) is 0 Å². The molecule has 1 aliphatic rings. The lowest BCUT2D eigenvalue weighted by Gasteiger charge is -2.37. The zero-order chi connectivity index (χ0) is 29.9. The van der Waals surface area contributed by atoms with Crippen LogP contribution in [0.15, 0.2) is 151 Å². The van der Waals surface area contributed by atoms with Crippen molar-refractivity contribution < 1.29 is 4.79 Å². The third-order valence-electron chi connectivity index (χ3n) is 8.01. The van der Waals surface area contributed by atoms with Gasteiger partial charge in [0.15, 0.2) is 12.0 Å². The summed E-state index contributed by atoms with van der Waals surface area (Å²) >= 11 is 0. The summed E-state index contributed by atoms with van der Waals surface area (Å²) in [6.45, 7) is 0.0718. The van der Waals surface area contributed by atoms with Gasteiger partial charge in [0.2, 0.25) is 0 Å². The van der Waals surface area contributed by atoms with Crippen LogP contribution in [0.3, 0.4) is 0 Å². The van der Waals surface area contributed by atoms with Crippen LogP contribution in [-0.2, 0) is 16.9 Å². The second-order valence-electron chi connectivity index (χ2n) is 10.5. The third kappa shape index (κ3) is 4.58. The number of tetrazole rings is 1. The molecule has 8 nitrogen and oxygen atoms in total. The summed E-state index contributed by atoms with van der Waals surface area (Å²) in [5, 5.41) is 13.3. The predicted octanol–water partition coefficient (Wildman–Crippen LogP) is 5.18. The molecule has 44 heavy (non-hydrogen) atoms. The van der Waals surface area contributed by atoms with E-state index in [2.05, 4.69) is 51.9 Å². The van der Waals surface area contributed by atoms with Crippen LogP contribution in [-0.4, -0.2) is 38.0 Å². The Hall–Kier alpha value is -5.73. The Labute approximate surface area is 255 Å². The van der Waals surface area contributed by atoms with Crippen LogP contribution >= 0.6 is 0 Å². The first kappa shape index (κ1) is 27.1. The molecule has 2 heterocycles. The Morgan fingerprint density at radius 1 is 0.659 bits per heavy atom. The molecular weight excluding hydrogens is 546 g/mol. The van der Waals surface area contributed by atoms with Gasteiger partial charge in [-0.3, -0.25) is 9.79 Å². The van der Waals surface area contributed by atoms with Gasteiger partial charge in [0.05, 0.1) is 17.9 Å². The van der Waals surface area contributed by atoms with Gasteiger partial charge in [-0.1, -0.05) is 140 Å². The molecule has 1 aliphatic heterocycles. The van der Waals surface area contributed by atoms with Crippen LogP contribution in [0.4, 0.5) is 5.69 Å². The van der Waals surface area contributed by atoms with Crippen molar-refractivity contribution in [1.82, 2.24) is 20.2 Å². The van der Waals surface area contributed by atoms with Crippen molar-refractivity contribution >= 4 is 17.3 Å². The summed E-state index contributed by atoms with van der Waals surface area (Å²) in [6, 6.07) is 48.0. The quantitative estimate of drug-likeness (QED) is 0.264. The fourth-order valence-corrected chi connectivity index (χ4v) is 6.05. The second kappa shape index (κ2) is 11.5. The maximum atomic E-state index is 14.0. The van der Waals surface area contributed by atoms with E-state index in [-0.39, 0.29) is 12.5 Å². The molecule has 1 aromatic heterocycles. The zero-order valence-corrected chi connectivity index (χ0v) is 23.8. The molecule has 0 spiro atoms. The summed E-state index contributed by atoms with van der Waals surface area (Å²) in [7, 11) is 0. The molecule has 1 atom stereocenters. The first-order valence-corrected chi connectivity index (χ1v) is 14.4. The number of aromatic nitrogens is 4. The monoisotopic (exact) mass is 575 g/mol. The predicted molar refractivity (Wildman–Crippen MR) is 170 cm³/mol. The van der Waals surface area contributed by atoms with Crippen molar-refractivity contribution in [1.29, 1.82) is 0 Å². The summed E-state index contributed by atoms with van der Waals surface area (Å²) < 4.78 is 1.83. The van der Waals surface area contributed by atoms with Gasteiger partial charge in [0.25, 0.3) is 5.91 Å². The number of nitrogens with two attached hydrogens (primary N) is 1. The molecule has 0 radical (unpaired) electrons. The largest absolute Gasteiger partial charge is 0.302 e. The zero-order valence-electron chi connectivity index (χ0n) is 23.8. The molecule has 7 rings (SSSR count). The van der Waals surface area contributed by atoms with Crippen LogP contribution in [0.2, 0.25) is 0 Å². The van der Waals surface area contributed by atoms with Crippen LogP contribution in [0, 0.1) is 0 Å². The maximum Gasteiger partial charge on any atom is 0.266 e. The Morgan fingerprint density at radius 3 is 1.73 bits per heavy atom. The van der Waals surface area contributed by atoms with Gasteiger partial charge in [-0.05, 0) is 33.2 Å². The number of hydrogen-bond acceptors (Lipinski definition) is 6. The van der Waals surface area contributed by atoms with E-state index in [0.717, 1.165) is 27.8 Å². The summed E-state index contributed by atoms with van der Waals surface area (Å²) in [5.74, 6) is 0.141. The molecule has 0 fully saturated rings. The summed E-state index contributed by atoms with van der Waals surface area (Å²) in [6.07, 6.45) is -1.11. The molecule has 8 heteroatoms. The highest BCUT2D eigenvalue weighted by atomic mass is 16.2. The lowest BCUT2D eigenvalue weighted by molar-refractivity contribution is -0.119. The standard InChI is InChI=1S/C36H29N7O/c37-34-35(44)42(31-24-14-13-23-30(31)33(38-34)26-15-5-1-6-16-26)25-32-39-40-41-43(32)36(27-17-7-2-8-18-27,28-19-9-3-10-20-28)29-21-11-4-12-22-29/h1-24,34H,25,37H2/t34-/m0/s1. The van der Waals surface area contributed by atoms with E-state index in [4.69, 9.17) is 10.7 Å². The Balaban J connectivity index is 1.42. The van der Waals surface area contributed by atoms with E-state index in [1.807, 2.05) is 114 Å². The lowest BCUT2D eigenvalue weighted by atomic mass is 9.77. The molecule has 214 valence electrons. The molecule has 0 saturated heterocycles. The normalized spacial score (nSPS) is 14.9. The highest BCUT2D eigenvalue weighted by molar-refractivity contribution is 6.20. The van der Waals surface area contributed by atoms with E-state index in [1.54, 1.807) is 4.90 Å². The van der Waals surface area contributed by atoms with Crippen molar-refractivity contribution in [2.75, 3.05) is 4.90 Å². The maximum absolute atomic E-state index is 14.0. The fraction of sp³-hybridized carbons (Fsp3) is 0.0833. The van der Waals surface area contributed by atoms with Crippen molar-refractivity contribution in [3.63, 3.8) is 0 Å². The van der Waals surface area contributed by atoms with Gasteiger partial charge in [-0.15, -0.1) is 5.10 Å². The lowest BCUT2D eigenvalue weighted by Crippen LogP contribution is -2.44. The van der Waals surface area contributed by atoms with E-state index >= 15 is 0 Å². The van der Waals surface area contributed by atoms with Gasteiger partial charge in [-0.2, -0.15) is 0 Å². The highest BCUT2D eigenvalue weighted by Gasteiger charge is 2.42. The topological polar surface area (TPSA) is 102 Å². The molecule has 0 unspecified atom stereocenters. The number of fused-ring (bicyclic) bond motifs is 1. The van der Waals surface area contributed by atoms with E-state index < -0.39 is 11.7 Å². The minimum Gasteiger partial charge on any atom is -0.302 e. The third-order valence-corrected chi connectivity index (χ3v) is 8.01. The number of anilines is 1. The number of nitrogens with zero attached hydrogens (tertiary/aromatic N) is 6. The van der Waals surface area contributed by atoms with Crippen LogP contribution in [0.25, 0.3) is 0 Å². The smallest absolute Gasteiger partial charge is 0.266 e. The first-order chi connectivity index (χ1) is 21.7. The van der Waals surface area contributed by atoms with Gasteiger partial charge in [0, 0.05) is 11.1 Å². The van der Waals surface area contributed by atoms with Crippen LogP contribution in [0.5, 0.6) is 0 Å². The van der Waals surface area contributed by atoms with Crippen molar-refractivity contribution in [2.45, 2.75) is 18.2 Å². The van der Waals surface area contributed by atoms with Crippen molar-refractivity contribution in [2.24, 2.45) is 10.7 Å². The number of para-hydroxylation sites is 1. The number of amides is 1. The molecule has 0 saturated carbocycles. The summed E-state index contributed by atoms with van der Waals surface area (Å²) in [5.41, 5.74) is 11.5. The first-order valence-electron chi connectivity index (χ1n) is 14.4. The van der Waals surface area contributed by atoms with Gasteiger partial charge in [0.1, 0.15) is 5.54 Å². The van der Waals surface area contributed by atoms with Crippen molar-refractivity contribution in [3.8, 4) is 0 Å². The molecule has 0 bridgehead atoms. The fourth-order valence-electron chi connectivity index (χ4n) is 6.05. The minimum atomic E-state index is -1.11. The summed E-state index contributed by atoms with van der Waals surface area (Å²) in [4.78, 5) is 20.4. The number of carbonyl (C=O) groups excluding carboxylic acids is 1. The highest BCUT2D eigenvalue weighted by Crippen LogP contribution is 2.41. The van der Waals surface area contributed by atoms with Crippen LogP contribution in [0.1, 0.15) is 33.6 Å². The second-order valence-corrected chi connectivity index (χ2v) is 10.5. The molecule has 0 aliphatic carbocycles. The van der Waals surface area contributed by atoms with Crippen LogP contribution < -0.4 is 10.6 Å².